The molecule has 5 rings (SSSR count). The fourth-order valence-electron chi connectivity index (χ4n) is 4.23. The fourth-order valence-corrected chi connectivity index (χ4v) is 5.47. The Balaban J connectivity index is 1.47. The Morgan fingerprint density at radius 2 is 1.94 bits per heavy atom. The monoisotopic (exact) mass is 505 g/mol. The van der Waals surface area contributed by atoms with E-state index in [9.17, 15) is 8.42 Å². The first kappa shape index (κ1) is 22.9. The van der Waals surface area contributed by atoms with Crippen molar-refractivity contribution in [2.75, 3.05) is 18.9 Å². The maximum Gasteiger partial charge on any atom is 0.240 e. The average Bonchev–Trinajstić information content (AvgIpc) is 3.73. The van der Waals surface area contributed by atoms with Crippen LogP contribution in [-0.4, -0.2) is 57.6 Å². The normalized spacial score (nSPS) is 20.1. The molecule has 1 N–H and O–H groups in total. The number of nitrogens with zero attached hydrogens (tertiary/aromatic N) is 6. The third-order valence-electron chi connectivity index (χ3n) is 6.51. The highest BCUT2D eigenvalue weighted by molar-refractivity contribution is 7.93. The predicted octanol–water partition coefficient (Wildman–Crippen LogP) is 3.04. The van der Waals surface area contributed by atoms with Gasteiger partial charge in [-0.1, -0.05) is 17.7 Å². The van der Waals surface area contributed by atoms with Crippen LogP contribution in [0.3, 0.4) is 0 Å². The van der Waals surface area contributed by atoms with Gasteiger partial charge < -0.3 is 9.47 Å². The standard InChI is InChI=1S/C21H24ClN7O4S/c1-12(17(33-3)18-23-10-13(22)11-24-18)34(30,31)28-20-27-26-19(14-5-4-6-16(25-14)32-2)29(20)15-9-21(15)7-8-21/h4-6,10-12,15,17H,7-9H2,1-3H3,(H,27,28)/t12-,15+,17-/m0/s1. The van der Waals surface area contributed by atoms with Crippen molar-refractivity contribution in [1.82, 2.24) is 29.7 Å². The van der Waals surface area contributed by atoms with Gasteiger partial charge in [-0.05, 0) is 37.7 Å². The number of anilines is 1. The minimum absolute atomic E-state index is 0.108. The highest BCUT2D eigenvalue weighted by atomic mass is 35.5. The van der Waals surface area contributed by atoms with Crippen molar-refractivity contribution in [3.05, 3.63) is 41.4 Å². The van der Waals surface area contributed by atoms with Gasteiger partial charge in [0.1, 0.15) is 17.0 Å². The zero-order valence-electron chi connectivity index (χ0n) is 18.8. The predicted molar refractivity (Wildman–Crippen MR) is 124 cm³/mol. The SMILES string of the molecule is COc1cccc(-c2nnc(NS(=O)(=O)[C@@H](C)[C@H](OC)c3ncc(Cl)cn3)n2[C@@H]2CC23CC3)n1. The number of halogens is 1. The van der Waals surface area contributed by atoms with E-state index in [1.807, 2.05) is 4.57 Å². The van der Waals surface area contributed by atoms with Crippen LogP contribution < -0.4 is 9.46 Å². The molecule has 0 radical (unpaired) electrons. The number of hydrogen-bond acceptors (Lipinski definition) is 9. The molecule has 1 spiro atoms. The average molecular weight is 506 g/mol. The summed E-state index contributed by atoms with van der Waals surface area (Å²) in [5.74, 6) is 1.28. The second-order valence-electron chi connectivity index (χ2n) is 8.63. The second-order valence-corrected chi connectivity index (χ2v) is 11.1. The third kappa shape index (κ3) is 4.10. The molecule has 2 saturated carbocycles. The number of ether oxygens (including phenoxy) is 2. The van der Waals surface area contributed by atoms with Crippen molar-refractivity contribution >= 4 is 27.6 Å². The molecule has 11 nitrogen and oxygen atoms in total. The van der Waals surface area contributed by atoms with E-state index >= 15 is 0 Å². The molecule has 3 aromatic heterocycles. The van der Waals surface area contributed by atoms with Crippen LogP contribution in [0, 0.1) is 5.41 Å². The molecule has 0 aliphatic heterocycles. The molecule has 2 fully saturated rings. The number of pyridine rings is 1. The molecule has 34 heavy (non-hydrogen) atoms. The lowest BCUT2D eigenvalue weighted by molar-refractivity contribution is 0.0950. The highest BCUT2D eigenvalue weighted by Crippen LogP contribution is 2.73. The summed E-state index contributed by atoms with van der Waals surface area (Å²) in [6.07, 6.45) is 5.03. The minimum atomic E-state index is -3.97. The van der Waals surface area contributed by atoms with Crippen LogP contribution >= 0.6 is 11.6 Å². The van der Waals surface area contributed by atoms with Gasteiger partial charge in [0, 0.05) is 31.6 Å². The third-order valence-corrected chi connectivity index (χ3v) is 8.39. The first-order chi connectivity index (χ1) is 16.3. The Bertz CT molecular complexity index is 1310. The van der Waals surface area contributed by atoms with Gasteiger partial charge in [0.15, 0.2) is 11.6 Å². The minimum Gasteiger partial charge on any atom is -0.481 e. The van der Waals surface area contributed by atoms with E-state index < -0.39 is 21.4 Å². The van der Waals surface area contributed by atoms with Crippen LogP contribution in [0.4, 0.5) is 5.95 Å². The quantitative estimate of drug-likeness (QED) is 0.465. The van der Waals surface area contributed by atoms with Gasteiger partial charge in [0.05, 0.1) is 12.1 Å². The van der Waals surface area contributed by atoms with Gasteiger partial charge in [0.2, 0.25) is 21.9 Å². The van der Waals surface area contributed by atoms with Crippen LogP contribution in [0.1, 0.15) is 44.2 Å². The molecule has 0 unspecified atom stereocenters. The van der Waals surface area contributed by atoms with Crippen molar-refractivity contribution in [2.45, 2.75) is 43.6 Å². The Kier molecular flexibility index (Phi) is 5.69. The number of aromatic nitrogens is 6. The molecule has 3 aromatic rings. The summed E-state index contributed by atoms with van der Waals surface area (Å²) in [7, 11) is -1.02. The van der Waals surface area contributed by atoms with Crippen molar-refractivity contribution in [2.24, 2.45) is 5.41 Å². The summed E-state index contributed by atoms with van der Waals surface area (Å²) < 4.78 is 41.9. The molecular formula is C21H24ClN7O4S. The molecule has 180 valence electrons. The van der Waals surface area contributed by atoms with Gasteiger partial charge in [-0.15, -0.1) is 10.2 Å². The van der Waals surface area contributed by atoms with Gasteiger partial charge >= 0.3 is 0 Å². The second kappa shape index (κ2) is 8.43. The molecule has 0 aromatic carbocycles. The van der Waals surface area contributed by atoms with E-state index in [1.54, 1.807) is 18.2 Å². The van der Waals surface area contributed by atoms with Crippen molar-refractivity contribution in [3.63, 3.8) is 0 Å². The van der Waals surface area contributed by atoms with E-state index in [1.165, 1.54) is 33.5 Å². The number of methoxy groups -OCH3 is 2. The molecular weight excluding hydrogens is 482 g/mol. The molecule has 3 heterocycles. The molecule has 13 heteroatoms. The maximum absolute atomic E-state index is 13.4. The largest absolute Gasteiger partial charge is 0.481 e. The Labute approximate surface area is 202 Å². The Morgan fingerprint density at radius 3 is 2.56 bits per heavy atom. The zero-order chi connectivity index (χ0) is 24.1. The summed E-state index contributed by atoms with van der Waals surface area (Å²) in [6.45, 7) is 1.53. The molecule has 2 aliphatic rings. The van der Waals surface area contributed by atoms with Crippen LogP contribution in [0.15, 0.2) is 30.6 Å². The van der Waals surface area contributed by atoms with Crippen LogP contribution in [0.2, 0.25) is 5.02 Å². The summed E-state index contributed by atoms with van der Waals surface area (Å²) in [4.78, 5) is 12.7. The van der Waals surface area contributed by atoms with Crippen molar-refractivity contribution < 1.29 is 17.9 Å². The van der Waals surface area contributed by atoms with Crippen LogP contribution in [0.5, 0.6) is 5.88 Å². The van der Waals surface area contributed by atoms with Crippen LogP contribution in [0.25, 0.3) is 11.5 Å². The summed E-state index contributed by atoms with van der Waals surface area (Å²) in [5, 5.41) is 7.80. The van der Waals surface area contributed by atoms with E-state index in [0.717, 1.165) is 19.3 Å². The lowest BCUT2D eigenvalue weighted by Gasteiger charge is -2.22. The number of nitrogens with one attached hydrogen (secondary N) is 1. The Morgan fingerprint density at radius 1 is 1.21 bits per heavy atom. The lowest BCUT2D eigenvalue weighted by Crippen LogP contribution is -2.33. The highest BCUT2D eigenvalue weighted by Gasteiger charge is 2.65. The Hall–Kier alpha value is -2.83. The number of hydrogen-bond donors (Lipinski definition) is 1. The van der Waals surface area contributed by atoms with E-state index in [-0.39, 0.29) is 23.2 Å². The van der Waals surface area contributed by atoms with Gasteiger partial charge in [-0.25, -0.2) is 23.4 Å². The lowest BCUT2D eigenvalue weighted by atomic mass is 10.2. The van der Waals surface area contributed by atoms with Crippen LogP contribution in [-0.2, 0) is 14.8 Å². The summed E-state index contributed by atoms with van der Waals surface area (Å²) in [5.41, 5.74) is 0.756. The smallest absolute Gasteiger partial charge is 0.240 e. The van der Waals surface area contributed by atoms with Crippen molar-refractivity contribution in [1.29, 1.82) is 0 Å². The van der Waals surface area contributed by atoms with E-state index in [0.29, 0.717) is 22.4 Å². The topological polar surface area (TPSA) is 134 Å². The molecule has 3 atom stereocenters. The fraction of sp³-hybridized carbons (Fsp3) is 0.476. The first-order valence-electron chi connectivity index (χ1n) is 10.8. The number of sulfonamides is 1. The number of rotatable bonds is 9. The van der Waals surface area contributed by atoms with Gasteiger partial charge in [-0.3, -0.25) is 9.29 Å². The van der Waals surface area contributed by atoms with Crippen molar-refractivity contribution in [3.8, 4) is 17.4 Å². The van der Waals surface area contributed by atoms with E-state index in [2.05, 4.69) is 29.9 Å². The van der Waals surface area contributed by atoms with Gasteiger partial charge in [0.25, 0.3) is 0 Å². The molecule has 0 bridgehead atoms. The maximum atomic E-state index is 13.4. The zero-order valence-corrected chi connectivity index (χ0v) is 20.4. The molecule has 2 aliphatic carbocycles. The molecule has 0 saturated heterocycles. The molecule has 0 amide bonds. The van der Waals surface area contributed by atoms with E-state index in [4.69, 9.17) is 21.1 Å². The summed E-state index contributed by atoms with van der Waals surface area (Å²) >= 11 is 5.86. The summed E-state index contributed by atoms with van der Waals surface area (Å²) in [6, 6.07) is 5.45. The first-order valence-corrected chi connectivity index (χ1v) is 12.7. The van der Waals surface area contributed by atoms with Gasteiger partial charge in [-0.2, -0.15) is 0 Å².